The Morgan fingerprint density at radius 2 is 1.53 bits per heavy atom. The van der Waals surface area contributed by atoms with Crippen LogP contribution in [0.2, 0.25) is 0 Å². The average Bonchev–Trinajstić information content (AvgIpc) is 2.00. The molecule has 0 aromatic heterocycles. The van der Waals surface area contributed by atoms with Gasteiger partial charge < -0.3 is 5.32 Å². The third kappa shape index (κ3) is 11.9. The third-order valence-corrected chi connectivity index (χ3v) is 2.77. The maximum Gasteiger partial charge on any atom is 0.00965 e. The second kappa shape index (κ2) is 7.27. The van der Waals surface area contributed by atoms with Gasteiger partial charge in [-0.15, -0.1) is 0 Å². The van der Waals surface area contributed by atoms with E-state index in [9.17, 15) is 0 Å². The Balaban J connectivity index is 3.37. The van der Waals surface area contributed by atoms with Gasteiger partial charge >= 0.3 is 0 Å². The fraction of sp³-hybridized carbons (Fsp3) is 1.00. The van der Waals surface area contributed by atoms with Gasteiger partial charge in [0, 0.05) is 5.54 Å². The lowest BCUT2D eigenvalue weighted by Crippen LogP contribution is -2.36. The molecule has 0 aliphatic heterocycles. The molecule has 1 atom stereocenters. The van der Waals surface area contributed by atoms with Crippen LogP contribution in [-0.2, 0) is 0 Å². The number of rotatable bonds is 7. The first-order valence-electron chi connectivity index (χ1n) is 6.56. The average molecular weight is 213 g/mol. The van der Waals surface area contributed by atoms with E-state index >= 15 is 0 Å². The molecule has 15 heavy (non-hydrogen) atoms. The van der Waals surface area contributed by atoms with Crippen LogP contribution in [0.15, 0.2) is 0 Å². The second-order valence-corrected chi connectivity index (χ2v) is 6.40. The summed E-state index contributed by atoms with van der Waals surface area (Å²) in [5.74, 6) is 1.74. The van der Waals surface area contributed by atoms with Crippen LogP contribution in [0.3, 0.4) is 0 Å². The van der Waals surface area contributed by atoms with Crippen molar-refractivity contribution in [3.8, 4) is 0 Å². The van der Waals surface area contributed by atoms with Crippen LogP contribution in [0.25, 0.3) is 0 Å². The van der Waals surface area contributed by atoms with Crippen LogP contribution in [-0.4, -0.2) is 12.1 Å². The van der Waals surface area contributed by atoms with Crippen LogP contribution in [0.4, 0.5) is 0 Å². The summed E-state index contributed by atoms with van der Waals surface area (Å²) in [4.78, 5) is 0. The van der Waals surface area contributed by atoms with Crippen LogP contribution in [0, 0.1) is 11.8 Å². The number of nitrogens with one attached hydrogen (secondary N) is 1. The molecule has 1 heteroatoms. The SMILES string of the molecule is CC(C)CCC[C@@H](C)CCNC(C)(C)C. The first-order chi connectivity index (χ1) is 6.81. The van der Waals surface area contributed by atoms with Gasteiger partial charge in [-0.1, -0.05) is 40.0 Å². The molecular formula is C14H31N. The lowest BCUT2D eigenvalue weighted by atomic mass is 9.97. The molecule has 0 amide bonds. The molecule has 0 aliphatic carbocycles. The highest BCUT2D eigenvalue weighted by molar-refractivity contribution is 4.70. The van der Waals surface area contributed by atoms with Crippen molar-refractivity contribution in [3.05, 3.63) is 0 Å². The molecule has 0 spiro atoms. The summed E-state index contributed by atoms with van der Waals surface area (Å²) >= 11 is 0. The molecule has 0 saturated heterocycles. The first kappa shape index (κ1) is 15.0. The van der Waals surface area contributed by atoms with Gasteiger partial charge in [0.1, 0.15) is 0 Å². The highest BCUT2D eigenvalue weighted by Crippen LogP contribution is 2.15. The van der Waals surface area contributed by atoms with E-state index in [-0.39, 0.29) is 5.54 Å². The molecule has 1 nitrogen and oxygen atoms in total. The zero-order valence-electron chi connectivity index (χ0n) is 11.7. The lowest BCUT2D eigenvalue weighted by Gasteiger charge is -2.22. The van der Waals surface area contributed by atoms with Crippen LogP contribution < -0.4 is 5.32 Å². The van der Waals surface area contributed by atoms with E-state index in [1.165, 1.54) is 25.7 Å². The van der Waals surface area contributed by atoms with Gasteiger partial charge in [-0.25, -0.2) is 0 Å². The fourth-order valence-electron chi connectivity index (χ4n) is 1.71. The minimum Gasteiger partial charge on any atom is -0.312 e. The molecule has 0 heterocycles. The zero-order valence-corrected chi connectivity index (χ0v) is 11.7. The van der Waals surface area contributed by atoms with Gasteiger partial charge in [0.2, 0.25) is 0 Å². The number of hydrogen-bond acceptors (Lipinski definition) is 1. The van der Waals surface area contributed by atoms with Crippen molar-refractivity contribution in [2.45, 2.75) is 72.8 Å². The van der Waals surface area contributed by atoms with Crippen molar-refractivity contribution in [1.82, 2.24) is 5.32 Å². The standard InChI is InChI=1S/C14H31N/c1-12(2)8-7-9-13(3)10-11-15-14(4,5)6/h12-13,15H,7-11H2,1-6H3/t13-/m1/s1. The molecule has 0 aromatic rings. The molecule has 1 N–H and O–H groups in total. The predicted molar refractivity (Wildman–Crippen MR) is 70.2 cm³/mol. The highest BCUT2D eigenvalue weighted by atomic mass is 14.9. The Kier molecular flexibility index (Phi) is 7.25. The Morgan fingerprint density at radius 1 is 0.933 bits per heavy atom. The molecule has 92 valence electrons. The topological polar surface area (TPSA) is 12.0 Å². The molecule has 0 bridgehead atoms. The Labute approximate surface area is 97.0 Å². The van der Waals surface area contributed by atoms with Crippen molar-refractivity contribution in [2.75, 3.05) is 6.54 Å². The summed E-state index contributed by atoms with van der Waals surface area (Å²) in [6.07, 6.45) is 5.49. The molecule has 0 saturated carbocycles. The van der Waals surface area contributed by atoms with Gasteiger partial charge in [0.15, 0.2) is 0 Å². The Morgan fingerprint density at radius 3 is 2.00 bits per heavy atom. The van der Waals surface area contributed by atoms with Gasteiger partial charge in [-0.3, -0.25) is 0 Å². The quantitative estimate of drug-likeness (QED) is 0.667. The van der Waals surface area contributed by atoms with Crippen molar-refractivity contribution in [3.63, 3.8) is 0 Å². The summed E-state index contributed by atoms with van der Waals surface area (Å²) in [5.41, 5.74) is 0.275. The molecule has 0 radical (unpaired) electrons. The van der Waals surface area contributed by atoms with Gasteiger partial charge in [-0.2, -0.15) is 0 Å². The van der Waals surface area contributed by atoms with Crippen molar-refractivity contribution >= 4 is 0 Å². The Hall–Kier alpha value is -0.0400. The van der Waals surface area contributed by atoms with Crippen molar-refractivity contribution in [2.24, 2.45) is 11.8 Å². The summed E-state index contributed by atoms with van der Waals surface area (Å²) in [5, 5.41) is 3.55. The minimum absolute atomic E-state index is 0.275. The monoisotopic (exact) mass is 213 g/mol. The lowest BCUT2D eigenvalue weighted by molar-refractivity contribution is 0.376. The molecule has 0 rings (SSSR count). The van der Waals surface area contributed by atoms with Crippen molar-refractivity contribution < 1.29 is 0 Å². The maximum absolute atomic E-state index is 3.55. The minimum atomic E-state index is 0.275. The van der Waals surface area contributed by atoms with E-state index in [2.05, 4.69) is 46.9 Å². The summed E-state index contributed by atoms with van der Waals surface area (Å²) in [6.45, 7) is 14.9. The molecule has 0 aliphatic rings. The summed E-state index contributed by atoms with van der Waals surface area (Å²) in [7, 11) is 0. The highest BCUT2D eigenvalue weighted by Gasteiger charge is 2.09. The van der Waals surface area contributed by atoms with E-state index in [0.717, 1.165) is 18.4 Å². The van der Waals surface area contributed by atoms with Crippen molar-refractivity contribution in [1.29, 1.82) is 0 Å². The van der Waals surface area contributed by atoms with Gasteiger partial charge in [0.05, 0.1) is 0 Å². The van der Waals surface area contributed by atoms with Gasteiger partial charge in [-0.05, 0) is 45.6 Å². The predicted octanol–water partition coefficient (Wildman–Crippen LogP) is 4.23. The van der Waals surface area contributed by atoms with Crippen LogP contribution in [0.5, 0.6) is 0 Å². The first-order valence-corrected chi connectivity index (χ1v) is 6.56. The second-order valence-electron chi connectivity index (χ2n) is 6.40. The van der Waals surface area contributed by atoms with E-state index in [1.807, 2.05) is 0 Å². The zero-order chi connectivity index (χ0) is 11.9. The van der Waals surface area contributed by atoms with Crippen LogP contribution in [0.1, 0.15) is 67.2 Å². The molecule has 0 aromatic carbocycles. The normalized spacial score (nSPS) is 14.6. The van der Waals surface area contributed by atoms with E-state index in [1.54, 1.807) is 0 Å². The molecular weight excluding hydrogens is 182 g/mol. The third-order valence-electron chi connectivity index (χ3n) is 2.77. The van der Waals surface area contributed by atoms with Crippen LogP contribution >= 0.6 is 0 Å². The molecule has 0 unspecified atom stereocenters. The smallest absolute Gasteiger partial charge is 0.00965 e. The van der Waals surface area contributed by atoms with Gasteiger partial charge in [0.25, 0.3) is 0 Å². The maximum atomic E-state index is 3.55. The number of hydrogen-bond donors (Lipinski definition) is 1. The summed E-state index contributed by atoms with van der Waals surface area (Å²) in [6, 6.07) is 0. The fourth-order valence-corrected chi connectivity index (χ4v) is 1.71. The largest absolute Gasteiger partial charge is 0.312 e. The summed E-state index contributed by atoms with van der Waals surface area (Å²) < 4.78 is 0. The molecule has 0 fully saturated rings. The van der Waals surface area contributed by atoms with E-state index in [0.29, 0.717) is 0 Å². The van der Waals surface area contributed by atoms with E-state index < -0.39 is 0 Å². The van der Waals surface area contributed by atoms with E-state index in [4.69, 9.17) is 0 Å². The Bertz CT molecular complexity index is 144.